The number of hydrogen-bond acceptors (Lipinski definition) is 4. The van der Waals surface area contributed by atoms with Crippen molar-refractivity contribution in [2.75, 3.05) is 5.32 Å². The number of nitrogens with zero attached hydrogens (tertiary/aromatic N) is 2. The van der Waals surface area contributed by atoms with E-state index in [1.165, 1.54) is 24.5 Å². The second-order valence-electron chi connectivity index (χ2n) is 11.1. The first kappa shape index (κ1) is 22.4. The number of nitrogens with two attached hydrogens (primary N) is 1. The van der Waals surface area contributed by atoms with Gasteiger partial charge in [-0.15, -0.1) is 0 Å². The molecule has 2 atom stereocenters. The maximum atomic E-state index is 15.3. The predicted molar refractivity (Wildman–Crippen MR) is 126 cm³/mol. The summed E-state index contributed by atoms with van der Waals surface area (Å²) in [6, 6.07) is 2.92. The monoisotopic (exact) mass is 454 g/mol. The number of fused-ring (bicyclic) bond motifs is 1. The van der Waals surface area contributed by atoms with E-state index >= 15 is 4.39 Å². The van der Waals surface area contributed by atoms with Crippen molar-refractivity contribution < 1.29 is 14.3 Å². The number of carbonyl (C=O) groups is 1. The third kappa shape index (κ3) is 4.52. The van der Waals surface area contributed by atoms with Gasteiger partial charge in [-0.2, -0.15) is 5.10 Å². The smallest absolute Gasteiger partial charge is 0.253 e. The molecule has 6 nitrogen and oxygen atoms in total. The SMILES string of the molecule is CC1(C)CCc2c(CC3CC3)nn(-c3cc(F)c(C(N)=O)c(N[C@H]4CCCC[C@@H]4O)c3)c2C1. The quantitative estimate of drug-likeness (QED) is 0.607. The van der Waals surface area contributed by atoms with Crippen LogP contribution >= 0.6 is 0 Å². The summed E-state index contributed by atoms with van der Waals surface area (Å²) in [4.78, 5) is 12.1. The molecule has 7 heteroatoms. The molecule has 2 fully saturated rings. The lowest BCUT2D eigenvalue weighted by atomic mass is 9.76. The zero-order valence-electron chi connectivity index (χ0n) is 19.7. The molecule has 3 aliphatic carbocycles. The van der Waals surface area contributed by atoms with Gasteiger partial charge < -0.3 is 16.2 Å². The van der Waals surface area contributed by atoms with Gasteiger partial charge in [-0.3, -0.25) is 4.79 Å². The van der Waals surface area contributed by atoms with E-state index in [4.69, 9.17) is 10.8 Å². The minimum atomic E-state index is -0.815. The molecule has 2 aromatic rings. The van der Waals surface area contributed by atoms with Crippen LogP contribution in [0.1, 0.15) is 86.1 Å². The molecule has 0 radical (unpaired) electrons. The van der Waals surface area contributed by atoms with Crippen LogP contribution in [0, 0.1) is 17.2 Å². The van der Waals surface area contributed by atoms with Gasteiger partial charge in [-0.1, -0.05) is 26.7 Å². The lowest BCUT2D eigenvalue weighted by Gasteiger charge is -2.31. The van der Waals surface area contributed by atoms with E-state index in [2.05, 4.69) is 19.2 Å². The average molecular weight is 455 g/mol. The first-order chi connectivity index (χ1) is 15.7. The van der Waals surface area contributed by atoms with Crippen LogP contribution in [-0.2, 0) is 19.3 Å². The molecule has 0 unspecified atom stereocenters. The number of primary amides is 1. The molecule has 1 heterocycles. The highest BCUT2D eigenvalue weighted by atomic mass is 19.1. The van der Waals surface area contributed by atoms with Crippen molar-refractivity contribution >= 4 is 11.6 Å². The van der Waals surface area contributed by atoms with Gasteiger partial charge in [0.1, 0.15) is 5.82 Å². The summed E-state index contributed by atoms with van der Waals surface area (Å²) in [5, 5.41) is 18.7. The van der Waals surface area contributed by atoms with Crippen molar-refractivity contribution in [3.8, 4) is 5.69 Å². The van der Waals surface area contributed by atoms with Crippen LogP contribution in [0.5, 0.6) is 0 Å². The van der Waals surface area contributed by atoms with Gasteiger partial charge in [-0.05, 0) is 74.3 Å². The van der Waals surface area contributed by atoms with Crippen molar-refractivity contribution in [3.05, 3.63) is 40.5 Å². The van der Waals surface area contributed by atoms with Crippen molar-refractivity contribution in [1.82, 2.24) is 9.78 Å². The summed E-state index contributed by atoms with van der Waals surface area (Å²) in [6.45, 7) is 4.53. The molecule has 5 rings (SSSR count). The van der Waals surface area contributed by atoms with E-state index in [0.717, 1.165) is 56.3 Å². The van der Waals surface area contributed by atoms with Crippen molar-refractivity contribution in [2.24, 2.45) is 17.1 Å². The Morgan fingerprint density at radius 1 is 1.27 bits per heavy atom. The number of nitrogens with one attached hydrogen (secondary N) is 1. The van der Waals surface area contributed by atoms with Crippen LogP contribution in [0.25, 0.3) is 5.69 Å². The van der Waals surface area contributed by atoms with Gasteiger partial charge in [0.25, 0.3) is 5.91 Å². The first-order valence-corrected chi connectivity index (χ1v) is 12.4. The number of hydrogen-bond donors (Lipinski definition) is 3. The van der Waals surface area contributed by atoms with E-state index in [1.54, 1.807) is 6.07 Å². The summed E-state index contributed by atoms with van der Waals surface area (Å²) in [5.41, 5.74) is 10.1. The fraction of sp³-hybridized carbons (Fsp3) is 0.615. The summed E-state index contributed by atoms with van der Waals surface area (Å²) in [6.07, 6.45) is 9.36. The fourth-order valence-corrected chi connectivity index (χ4v) is 5.54. The topological polar surface area (TPSA) is 93.2 Å². The van der Waals surface area contributed by atoms with Crippen LogP contribution in [-0.4, -0.2) is 32.9 Å². The molecular formula is C26H35FN4O2. The summed E-state index contributed by atoms with van der Waals surface area (Å²) >= 11 is 0. The highest BCUT2D eigenvalue weighted by molar-refractivity contribution is 5.99. The predicted octanol–water partition coefficient (Wildman–Crippen LogP) is 4.29. The van der Waals surface area contributed by atoms with Crippen LogP contribution in [0.15, 0.2) is 12.1 Å². The molecule has 2 saturated carbocycles. The number of anilines is 1. The largest absolute Gasteiger partial charge is 0.391 e. The molecule has 178 valence electrons. The Morgan fingerprint density at radius 2 is 2.03 bits per heavy atom. The Hall–Kier alpha value is -2.41. The third-order valence-electron chi connectivity index (χ3n) is 7.69. The number of carbonyl (C=O) groups excluding carboxylic acids is 1. The first-order valence-electron chi connectivity index (χ1n) is 12.4. The van der Waals surface area contributed by atoms with Crippen LogP contribution in [0.3, 0.4) is 0 Å². The Labute approximate surface area is 194 Å². The van der Waals surface area contributed by atoms with Gasteiger partial charge in [0.05, 0.1) is 34.8 Å². The standard InChI is InChI=1S/C26H35FN4O2/c1-26(2)10-9-17-20(11-15-7-8-15)30-31(22(17)14-26)16-12-18(27)24(25(28)33)21(13-16)29-19-5-3-4-6-23(19)32/h12-13,15,19,23,29,32H,3-11,14H2,1-2H3,(H2,28,33)/t19-,23-/m0/s1. The minimum absolute atomic E-state index is 0.153. The van der Waals surface area contributed by atoms with Gasteiger partial charge in [0.15, 0.2) is 0 Å². The van der Waals surface area contributed by atoms with Crippen LogP contribution < -0.4 is 11.1 Å². The normalized spacial score (nSPS) is 24.4. The molecule has 1 amide bonds. The zero-order chi connectivity index (χ0) is 23.3. The van der Waals surface area contributed by atoms with E-state index in [-0.39, 0.29) is 17.0 Å². The molecule has 0 saturated heterocycles. The molecule has 1 aromatic heterocycles. The number of halogens is 1. The zero-order valence-corrected chi connectivity index (χ0v) is 19.7. The maximum absolute atomic E-state index is 15.3. The molecule has 33 heavy (non-hydrogen) atoms. The van der Waals surface area contributed by atoms with E-state index in [0.29, 0.717) is 23.7 Å². The van der Waals surface area contributed by atoms with E-state index < -0.39 is 17.8 Å². The van der Waals surface area contributed by atoms with Gasteiger partial charge in [0.2, 0.25) is 0 Å². The second kappa shape index (κ2) is 8.42. The number of aromatic nitrogens is 2. The average Bonchev–Trinajstić information content (AvgIpc) is 3.49. The number of amides is 1. The van der Waals surface area contributed by atoms with Gasteiger partial charge in [0, 0.05) is 11.8 Å². The molecule has 0 spiro atoms. The number of benzene rings is 1. The van der Waals surface area contributed by atoms with Crippen molar-refractivity contribution in [1.29, 1.82) is 0 Å². The van der Waals surface area contributed by atoms with Crippen molar-refractivity contribution in [3.63, 3.8) is 0 Å². The lowest BCUT2D eigenvalue weighted by molar-refractivity contribution is 0.0995. The van der Waals surface area contributed by atoms with Gasteiger partial charge in [-0.25, -0.2) is 9.07 Å². The molecule has 3 aliphatic rings. The molecule has 4 N–H and O–H groups in total. The van der Waals surface area contributed by atoms with Gasteiger partial charge >= 0.3 is 0 Å². The highest BCUT2D eigenvalue weighted by Crippen LogP contribution is 2.40. The van der Waals surface area contributed by atoms with Crippen molar-refractivity contribution in [2.45, 2.75) is 90.2 Å². The third-order valence-corrected chi connectivity index (χ3v) is 7.69. The second-order valence-corrected chi connectivity index (χ2v) is 11.1. The lowest BCUT2D eigenvalue weighted by Crippen LogP contribution is -2.37. The Balaban J connectivity index is 1.58. The molecule has 0 bridgehead atoms. The van der Waals surface area contributed by atoms with Crippen LogP contribution in [0.4, 0.5) is 10.1 Å². The number of rotatable bonds is 6. The number of aliphatic hydroxyl groups is 1. The summed E-state index contributed by atoms with van der Waals surface area (Å²) in [7, 11) is 0. The summed E-state index contributed by atoms with van der Waals surface area (Å²) in [5.74, 6) is -0.757. The van der Waals surface area contributed by atoms with E-state index in [1.807, 2.05) is 4.68 Å². The Bertz CT molecular complexity index is 1070. The Kier molecular flexibility index (Phi) is 5.71. The molecule has 0 aliphatic heterocycles. The highest BCUT2D eigenvalue weighted by Gasteiger charge is 2.34. The molecular weight excluding hydrogens is 419 g/mol. The molecule has 1 aromatic carbocycles. The summed E-state index contributed by atoms with van der Waals surface area (Å²) < 4.78 is 17.2. The minimum Gasteiger partial charge on any atom is -0.391 e. The fourth-order valence-electron chi connectivity index (χ4n) is 5.54. The Morgan fingerprint density at radius 3 is 2.73 bits per heavy atom. The van der Waals surface area contributed by atoms with Crippen LogP contribution in [0.2, 0.25) is 0 Å². The van der Waals surface area contributed by atoms with E-state index in [9.17, 15) is 9.90 Å². The number of aliphatic hydroxyl groups excluding tert-OH is 1. The maximum Gasteiger partial charge on any atom is 0.253 e.